The van der Waals surface area contributed by atoms with E-state index in [-0.39, 0.29) is 6.04 Å². The molecule has 2 rings (SSSR count). The number of rotatable bonds is 6. The van der Waals surface area contributed by atoms with Gasteiger partial charge in [0.15, 0.2) is 0 Å². The minimum Gasteiger partial charge on any atom is -0.299 e. The van der Waals surface area contributed by atoms with Crippen molar-refractivity contribution in [3.63, 3.8) is 0 Å². The molecular weight excluding hydrogens is 262 g/mol. The number of unbranched alkanes of at least 4 members (excludes halogenated alkanes) is 1. The van der Waals surface area contributed by atoms with Gasteiger partial charge < -0.3 is 0 Å². The van der Waals surface area contributed by atoms with Crippen LogP contribution in [0, 0.1) is 0 Å². The van der Waals surface area contributed by atoms with Gasteiger partial charge in [0, 0.05) is 32.2 Å². The van der Waals surface area contributed by atoms with Crippen molar-refractivity contribution in [3.8, 4) is 0 Å². The van der Waals surface area contributed by atoms with E-state index in [9.17, 15) is 8.42 Å². The highest BCUT2D eigenvalue weighted by Crippen LogP contribution is 2.27. The lowest BCUT2D eigenvalue weighted by molar-refractivity contribution is 0.185. The molecule has 2 aliphatic rings. The number of hydrogen-bond donors (Lipinski definition) is 1. The third kappa shape index (κ3) is 3.68. The summed E-state index contributed by atoms with van der Waals surface area (Å²) in [5.41, 5.74) is 0. The van der Waals surface area contributed by atoms with Crippen LogP contribution < -0.4 is 4.72 Å². The Kier molecular flexibility index (Phi) is 5.22. The highest BCUT2D eigenvalue weighted by Gasteiger charge is 2.38. The van der Waals surface area contributed by atoms with E-state index in [1.54, 1.807) is 7.05 Å². The van der Waals surface area contributed by atoms with Gasteiger partial charge in [0.1, 0.15) is 0 Å². The molecule has 2 atom stereocenters. The Morgan fingerprint density at radius 2 is 2.05 bits per heavy atom. The molecule has 0 aromatic rings. The van der Waals surface area contributed by atoms with Crippen molar-refractivity contribution < 1.29 is 8.42 Å². The largest absolute Gasteiger partial charge is 0.299 e. The van der Waals surface area contributed by atoms with Crippen LogP contribution >= 0.6 is 0 Å². The topological polar surface area (TPSA) is 52.7 Å². The zero-order chi connectivity index (χ0) is 13.9. The molecule has 0 amide bonds. The standard InChI is InChI=1S/C13H27N3O2S/c1-3-4-9-15(2)19(17,18)14-12-8-11-16-10-6-5-7-13(12)16/h12-14H,3-11H2,1-2H3. The summed E-state index contributed by atoms with van der Waals surface area (Å²) in [5, 5.41) is 0. The van der Waals surface area contributed by atoms with Crippen molar-refractivity contribution in [1.29, 1.82) is 0 Å². The van der Waals surface area contributed by atoms with Crippen molar-refractivity contribution in [2.24, 2.45) is 0 Å². The molecule has 2 aliphatic heterocycles. The lowest BCUT2D eigenvalue weighted by Gasteiger charge is -2.33. The molecule has 0 spiro atoms. The predicted molar refractivity (Wildman–Crippen MR) is 77.2 cm³/mol. The molecule has 0 aliphatic carbocycles. The maximum absolute atomic E-state index is 12.3. The van der Waals surface area contributed by atoms with Crippen LogP contribution in [0.15, 0.2) is 0 Å². The minimum atomic E-state index is -3.31. The zero-order valence-corrected chi connectivity index (χ0v) is 13.0. The fourth-order valence-electron chi connectivity index (χ4n) is 3.17. The van der Waals surface area contributed by atoms with E-state index in [1.165, 1.54) is 17.1 Å². The highest BCUT2D eigenvalue weighted by atomic mass is 32.2. The average molecular weight is 289 g/mol. The van der Waals surface area contributed by atoms with Crippen LogP contribution in [0.3, 0.4) is 0 Å². The summed E-state index contributed by atoms with van der Waals surface area (Å²) in [6.07, 6.45) is 6.49. The Morgan fingerprint density at radius 1 is 1.26 bits per heavy atom. The maximum Gasteiger partial charge on any atom is 0.279 e. The first-order chi connectivity index (χ1) is 9.04. The summed E-state index contributed by atoms with van der Waals surface area (Å²) in [6, 6.07) is 0.525. The fraction of sp³-hybridized carbons (Fsp3) is 1.00. The minimum absolute atomic E-state index is 0.106. The molecular formula is C13H27N3O2S. The molecule has 0 saturated carbocycles. The summed E-state index contributed by atoms with van der Waals surface area (Å²) in [7, 11) is -1.64. The van der Waals surface area contributed by atoms with Gasteiger partial charge in [-0.15, -0.1) is 0 Å². The first kappa shape index (κ1) is 15.2. The average Bonchev–Trinajstić information content (AvgIpc) is 2.79. The van der Waals surface area contributed by atoms with Crippen LogP contribution in [0.25, 0.3) is 0 Å². The van der Waals surface area contributed by atoms with Gasteiger partial charge in [0.2, 0.25) is 0 Å². The van der Waals surface area contributed by atoms with Crippen LogP contribution in [0.4, 0.5) is 0 Å². The molecule has 2 heterocycles. The maximum atomic E-state index is 12.3. The van der Waals surface area contributed by atoms with E-state index in [0.717, 1.165) is 38.8 Å². The number of piperidine rings is 1. The Balaban J connectivity index is 1.92. The second kappa shape index (κ2) is 6.52. The Labute approximate surface area is 117 Å². The Morgan fingerprint density at radius 3 is 2.79 bits per heavy atom. The Bertz CT molecular complexity index is 385. The third-order valence-electron chi connectivity index (χ3n) is 4.39. The number of hydrogen-bond acceptors (Lipinski definition) is 3. The van der Waals surface area contributed by atoms with Gasteiger partial charge in [-0.05, 0) is 32.2 Å². The molecule has 5 nitrogen and oxygen atoms in total. The van der Waals surface area contributed by atoms with Crippen molar-refractivity contribution in [2.75, 3.05) is 26.7 Å². The van der Waals surface area contributed by atoms with Gasteiger partial charge in [-0.3, -0.25) is 4.90 Å². The lowest BCUT2D eigenvalue weighted by Crippen LogP contribution is -2.50. The summed E-state index contributed by atoms with van der Waals surface area (Å²) in [6.45, 7) is 4.85. The molecule has 2 saturated heterocycles. The molecule has 2 unspecified atom stereocenters. The van der Waals surface area contributed by atoms with Crippen LogP contribution in [0.1, 0.15) is 45.4 Å². The molecule has 2 fully saturated rings. The van der Waals surface area contributed by atoms with Crippen molar-refractivity contribution >= 4 is 10.2 Å². The number of nitrogens with zero attached hydrogens (tertiary/aromatic N) is 2. The van der Waals surface area contributed by atoms with Crippen molar-refractivity contribution in [1.82, 2.24) is 13.9 Å². The van der Waals surface area contributed by atoms with Gasteiger partial charge in [-0.2, -0.15) is 17.4 Å². The van der Waals surface area contributed by atoms with E-state index in [2.05, 4.69) is 16.5 Å². The van der Waals surface area contributed by atoms with E-state index in [0.29, 0.717) is 12.6 Å². The molecule has 0 bridgehead atoms. The van der Waals surface area contributed by atoms with Crippen LogP contribution in [0.5, 0.6) is 0 Å². The summed E-state index contributed by atoms with van der Waals surface area (Å²) < 4.78 is 28.9. The molecule has 0 aromatic carbocycles. The molecule has 0 aromatic heterocycles. The molecule has 0 radical (unpaired) electrons. The molecule has 112 valence electrons. The quantitative estimate of drug-likeness (QED) is 0.799. The van der Waals surface area contributed by atoms with E-state index < -0.39 is 10.2 Å². The third-order valence-corrected chi connectivity index (χ3v) is 6.00. The van der Waals surface area contributed by atoms with Crippen LogP contribution in [-0.2, 0) is 10.2 Å². The van der Waals surface area contributed by atoms with Crippen LogP contribution in [-0.4, -0.2) is 56.4 Å². The van der Waals surface area contributed by atoms with E-state index >= 15 is 0 Å². The van der Waals surface area contributed by atoms with Gasteiger partial charge >= 0.3 is 0 Å². The number of nitrogens with one attached hydrogen (secondary N) is 1. The van der Waals surface area contributed by atoms with E-state index in [1.807, 2.05) is 0 Å². The lowest BCUT2D eigenvalue weighted by atomic mass is 10.00. The molecule has 1 N–H and O–H groups in total. The first-order valence-electron chi connectivity index (χ1n) is 7.52. The predicted octanol–water partition coefficient (Wildman–Crippen LogP) is 1.18. The second-order valence-corrected chi connectivity index (χ2v) is 7.60. The molecule has 6 heteroatoms. The summed E-state index contributed by atoms with van der Waals surface area (Å²) >= 11 is 0. The number of fused-ring (bicyclic) bond motifs is 1. The van der Waals surface area contributed by atoms with Crippen molar-refractivity contribution in [2.45, 2.75) is 57.5 Å². The van der Waals surface area contributed by atoms with E-state index in [4.69, 9.17) is 0 Å². The Hall–Kier alpha value is -0.170. The van der Waals surface area contributed by atoms with Gasteiger partial charge in [-0.25, -0.2) is 0 Å². The normalized spacial score (nSPS) is 28.8. The monoisotopic (exact) mass is 289 g/mol. The smallest absolute Gasteiger partial charge is 0.279 e. The van der Waals surface area contributed by atoms with Gasteiger partial charge in [0.25, 0.3) is 10.2 Å². The molecule has 19 heavy (non-hydrogen) atoms. The fourth-order valence-corrected chi connectivity index (χ4v) is 4.37. The first-order valence-corrected chi connectivity index (χ1v) is 8.96. The SMILES string of the molecule is CCCCN(C)S(=O)(=O)NC1CCN2CCCCC12. The van der Waals surface area contributed by atoms with Gasteiger partial charge in [-0.1, -0.05) is 19.8 Å². The zero-order valence-electron chi connectivity index (χ0n) is 12.1. The van der Waals surface area contributed by atoms with Gasteiger partial charge in [0.05, 0.1) is 0 Å². The summed E-state index contributed by atoms with van der Waals surface area (Å²) in [4.78, 5) is 2.45. The summed E-state index contributed by atoms with van der Waals surface area (Å²) in [5.74, 6) is 0. The van der Waals surface area contributed by atoms with Crippen LogP contribution in [0.2, 0.25) is 0 Å². The van der Waals surface area contributed by atoms with Crippen molar-refractivity contribution in [3.05, 3.63) is 0 Å². The second-order valence-electron chi connectivity index (χ2n) is 5.79. The highest BCUT2D eigenvalue weighted by molar-refractivity contribution is 7.87.